The van der Waals surface area contributed by atoms with Crippen LogP contribution in [0, 0.1) is 0 Å². The Balaban J connectivity index is 1.95. The van der Waals surface area contributed by atoms with Crippen LogP contribution in [-0.4, -0.2) is 25.4 Å². The zero-order chi connectivity index (χ0) is 14.4. The van der Waals surface area contributed by atoms with Crippen molar-refractivity contribution >= 4 is 0 Å². The van der Waals surface area contributed by atoms with E-state index in [2.05, 4.69) is 44.3 Å². The molecule has 112 valence electrons. The molecule has 1 aromatic carbocycles. The molecule has 1 aromatic rings. The Labute approximate surface area is 122 Å². The minimum atomic E-state index is 0.251. The highest BCUT2D eigenvalue weighted by Crippen LogP contribution is 2.26. The number of rotatable bonds is 7. The maximum Gasteiger partial charge on any atom is 0.124 e. The quantitative estimate of drug-likeness (QED) is 0.824. The van der Waals surface area contributed by atoms with Gasteiger partial charge in [-0.05, 0) is 39.2 Å². The Hall–Kier alpha value is -1.06. The van der Waals surface area contributed by atoms with E-state index in [1.54, 1.807) is 0 Å². The molecular formula is C17H27NO2. The Bertz CT molecular complexity index is 402. The van der Waals surface area contributed by atoms with Crippen LogP contribution in [0.25, 0.3) is 0 Å². The Kier molecular flexibility index (Phi) is 5.86. The lowest BCUT2D eigenvalue weighted by Crippen LogP contribution is -2.29. The molecule has 0 aromatic heterocycles. The zero-order valence-electron chi connectivity index (χ0n) is 12.9. The first-order chi connectivity index (χ1) is 9.70. The van der Waals surface area contributed by atoms with E-state index in [4.69, 9.17) is 9.47 Å². The molecule has 1 fully saturated rings. The zero-order valence-corrected chi connectivity index (χ0v) is 12.9. The number of ether oxygens (including phenoxy) is 2. The summed E-state index contributed by atoms with van der Waals surface area (Å²) in [5.74, 6) is 0.995. The molecule has 0 saturated carbocycles. The van der Waals surface area contributed by atoms with Crippen LogP contribution in [0.5, 0.6) is 5.75 Å². The van der Waals surface area contributed by atoms with Crippen LogP contribution in [0.2, 0.25) is 0 Å². The molecule has 3 heteroatoms. The van der Waals surface area contributed by atoms with Gasteiger partial charge in [0.25, 0.3) is 0 Å². The van der Waals surface area contributed by atoms with Crippen molar-refractivity contribution in [1.29, 1.82) is 0 Å². The van der Waals surface area contributed by atoms with Gasteiger partial charge in [-0.25, -0.2) is 0 Å². The van der Waals surface area contributed by atoms with E-state index >= 15 is 0 Å². The van der Waals surface area contributed by atoms with Crippen LogP contribution in [0.4, 0.5) is 0 Å². The molecule has 1 aliphatic heterocycles. The Morgan fingerprint density at radius 3 is 2.85 bits per heavy atom. The highest BCUT2D eigenvalue weighted by Gasteiger charge is 2.18. The molecule has 0 bridgehead atoms. The molecule has 1 N–H and O–H groups in total. The SMILES string of the molecule is CC[C@H](C)Oc1ccccc1[C@@H](C)NC[C@@H]1CCCO1. The van der Waals surface area contributed by atoms with Crippen LogP contribution < -0.4 is 10.1 Å². The normalized spacial score (nSPS) is 21.6. The molecule has 1 saturated heterocycles. The lowest BCUT2D eigenvalue weighted by atomic mass is 10.1. The molecule has 3 atom stereocenters. The molecule has 0 aliphatic carbocycles. The van der Waals surface area contributed by atoms with Crippen molar-refractivity contribution in [2.45, 2.75) is 58.3 Å². The number of hydrogen-bond acceptors (Lipinski definition) is 3. The molecule has 1 aliphatic rings. The predicted octanol–water partition coefficient (Wildman–Crippen LogP) is 3.69. The fourth-order valence-corrected chi connectivity index (χ4v) is 2.47. The van der Waals surface area contributed by atoms with Gasteiger partial charge in [-0.15, -0.1) is 0 Å². The minimum Gasteiger partial charge on any atom is -0.490 e. The third kappa shape index (κ3) is 4.22. The van der Waals surface area contributed by atoms with Gasteiger partial charge in [0.2, 0.25) is 0 Å². The van der Waals surface area contributed by atoms with Gasteiger partial charge in [-0.3, -0.25) is 0 Å². The first kappa shape index (κ1) is 15.3. The smallest absolute Gasteiger partial charge is 0.124 e. The van der Waals surface area contributed by atoms with Gasteiger partial charge in [-0.1, -0.05) is 25.1 Å². The lowest BCUT2D eigenvalue weighted by molar-refractivity contribution is 0.108. The van der Waals surface area contributed by atoms with Crippen LogP contribution in [0.1, 0.15) is 51.6 Å². The Morgan fingerprint density at radius 2 is 2.15 bits per heavy atom. The first-order valence-electron chi connectivity index (χ1n) is 7.81. The Morgan fingerprint density at radius 1 is 1.35 bits per heavy atom. The summed E-state index contributed by atoms with van der Waals surface area (Å²) >= 11 is 0. The van der Waals surface area contributed by atoms with E-state index in [1.807, 2.05) is 6.07 Å². The van der Waals surface area contributed by atoms with Crippen molar-refractivity contribution in [2.24, 2.45) is 0 Å². The average molecular weight is 277 g/mol. The monoisotopic (exact) mass is 277 g/mol. The van der Waals surface area contributed by atoms with Crippen LogP contribution in [-0.2, 0) is 4.74 Å². The van der Waals surface area contributed by atoms with Gasteiger partial charge in [-0.2, -0.15) is 0 Å². The number of hydrogen-bond donors (Lipinski definition) is 1. The topological polar surface area (TPSA) is 30.5 Å². The summed E-state index contributed by atoms with van der Waals surface area (Å²) in [6.07, 6.45) is 4.01. The summed E-state index contributed by atoms with van der Waals surface area (Å²) in [7, 11) is 0. The van der Waals surface area contributed by atoms with E-state index in [9.17, 15) is 0 Å². The highest BCUT2D eigenvalue weighted by atomic mass is 16.5. The van der Waals surface area contributed by atoms with Gasteiger partial charge >= 0.3 is 0 Å². The molecule has 0 spiro atoms. The minimum absolute atomic E-state index is 0.251. The highest BCUT2D eigenvalue weighted by molar-refractivity contribution is 5.35. The largest absolute Gasteiger partial charge is 0.490 e. The number of benzene rings is 1. The van der Waals surface area contributed by atoms with Crippen molar-refractivity contribution in [2.75, 3.05) is 13.2 Å². The first-order valence-corrected chi connectivity index (χ1v) is 7.81. The van der Waals surface area contributed by atoms with Crippen molar-refractivity contribution in [3.63, 3.8) is 0 Å². The van der Waals surface area contributed by atoms with E-state index in [0.717, 1.165) is 25.3 Å². The van der Waals surface area contributed by atoms with Crippen molar-refractivity contribution in [3.8, 4) is 5.75 Å². The molecular weight excluding hydrogens is 250 g/mol. The third-order valence-electron chi connectivity index (χ3n) is 3.96. The summed E-state index contributed by atoms with van der Waals surface area (Å²) in [5, 5.41) is 3.57. The molecule has 3 nitrogen and oxygen atoms in total. The fourth-order valence-electron chi connectivity index (χ4n) is 2.47. The standard InChI is InChI=1S/C17H27NO2/c1-4-13(2)20-17-10-6-5-9-16(17)14(3)18-12-15-8-7-11-19-15/h5-6,9-10,13-15,18H,4,7-8,11-12H2,1-3H3/t13-,14+,15-/m0/s1. The van der Waals surface area contributed by atoms with E-state index in [1.165, 1.54) is 18.4 Å². The summed E-state index contributed by atoms with van der Waals surface area (Å²) in [6.45, 7) is 8.27. The molecule has 1 heterocycles. The number of nitrogens with one attached hydrogen (secondary N) is 1. The van der Waals surface area contributed by atoms with Crippen LogP contribution >= 0.6 is 0 Å². The number of para-hydroxylation sites is 1. The second-order valence-corrected chi connectivity index (χ2v) is 5.64. The van der Waals surface area contributed by atoms with Crippen LogP contribution in [0.3, 0.4) is 0 Å². The summed E-state index contributed by atoms with van der Waals surface area (Å²) < 4.78 is 11.7. The van der Waals surface area contributed by atoms with Gasteiger partial charge in [0.1, 0.15) is 5.75 Å². The van der Waals surface area contributed by atoms with Gasteiger partial charge in [0.15, 0.2) is 0 Å². The van der Waals surface area contributed by atoms with Crippen LogP contribution in [0.15, 0.2) is 24.3 Å². The molecule has 0 radical (unpaired) electrons. The van der Waals surface area contributed by atoms with E-state index in [-0.39, 0.29) is 12.1 Å². The second kappa shape index (κ2) is 7.65. The van der Waals surface area contributed by atoms with Crippen molar-refractivity contribution in [3.05, 3.63) is 29.8 Å². The van der Waals surface area contributed by atoms with E-state index in [0.29, 0.717) is 6.10 Å². The molecule has 20 heavy (non-hydrogen) atoms. The van der Waals surface area contributed by atoms with Gasteiger partial charge in [0, 0.05) is 24.8 Å². The van der Waals surface area contributed by atoms with Gasteiger partial charge in [0.05, 0.1) is 12.2 Å². The van der Waals surface area contributed by atoms with Crippen molar-refractivity contribution < 1.29 is 9.47 Å². The second-order valence-electron chi connectivity index (χ2n) is 5.64. The maximum absolute atomic E-state index is 6.02. The third-order valence-corrected chi connectivity index (χ3v) is 3.96. The maximum atomic E-state index is 6.02. The predicted molar refractivity (Wildman–Crippen MR) is 82.2 cm³/mol. The summed E-state index contributed by atoms with van der Waals surface area (Å²) in [6, 6.07) is 8.59. The average Bonchev–Trinajstić information content (AvgIpc) is 2.98. The van der Waals surface area contributed by atoms with E-state index < -0.39 is 0 Å². The summed E-state index contributed by atoms with van der Waals surface area (Å²) in [4.78, 5) is 0. The summed E-state index contributed by atoms with van der Waals surface area (Å²) in [5.41, 5.74) is 1.23. The van der Waals surface area contributed by atoms with Gasteiger partial charge < -0.3 is 14.8 Å². The fraction of sp³-hybridized carbons (Fsp3) is 0.647. The van der Waals surface area contributed by atoms with Crippen molar-refractivity contribution in [1.82, 2.24) is 5.32 Å². The molecule has 0 amide bonds. The molecule has 2 rings (SSSR count). The molecule has 0 unspecified atom stereocenters. The lowest BCUT2D eigenvalue weighted by Gasteiger charge is -2.22.